The van der Waals surface area contributed by atoms with Gasteiger partial charge < -0.3 is 4.74 Å². The first-order chi connectivity index (χ1) is 15.2. The molecule has 0 atom stereocenters. The molecule has 0 spiro atoms. The molecule has 0 aromatic heterocycles. The van der Waals surface area contributed by atoms with E-state index in [0.717, 1.165) is 5.56 Å². The topological polar surface area (TPSA) is 117 Å². The van der Waals surface area contributed by atoms with Gasteiger partial charge in [0, 0.05) is 29.6 Å². The number of ether oxygens (including phenoxy) is 1. The number of nitrogens with zero attached hydrogens (tertiary/aromatic N) is 3. The Kier molecular flexibility index (Phi) is 8.43. The first-order valence-electron chi connectivity index (χ1n) is 9.67. The van der Waals surface area contributed by atoms with Crippen LogP contribution in [0.2, 0.25) is 5.02 Å². The van der Waals surface area contributed by atoms with Crippen molar-refractivity contribution in [3.63, 3.8) is 0 Å². The van der Waals surface area contributed by atoms with Crippen LogP contribution in [0.5, 0.6) is 0 Å². The summed E-state index contributed by atoms with van der Waals surface area (Å²) in [6.07, 6.45) is 0.298. The number of nitriles is 1. The van der Waals surface area contributed by atoms with E-state index in [-0.39, 0.29) is 22.9 Å². The molecule has 8 nitrogen and oxygen atoms in total. The summed E-state index contributed by atoms with van der Waals surface area (Å²) in [5, 5.41) is 8.95. The number of hydrogen-bond acceptors (Lipinski definition) is 6. The fraction of sp³-hybridized carbons (Fsp3) is 0.350. The van der Waals surface area contributed by atoms with Gasteiger partial charge in [0.1, 0.15) is 0 Å². The van der Waals surface area contributed by atoms with E-state index in [9.17, 15) is 16.8 Å². The van der Waals surface area contributed by atoms with Gasteiger partial charge >= 0.3 is 0 Å². The Hall–Kier alpha value is -1.81. The lowest BCUT2D eigenvalue weighted by Crippen LogP contribution is -2.41. The van der Waals surface area contributed by atoms with E-state index in [1.807, 2.05) is 6.07 Å². The number of rotatable bonds is 8. The lowest BCUT2D eigenvalue weighted by Gasteiger charge is -2.27. The highest BCUT2D eigenvalue weighted by Crippen LogP contribution is 2.21. The maximum Gasteiger partial charge on any atom is 0.287 e. The maximum atomic E-state index is 12.8. The molecule has 1 heterocycles. The number of benzene rings is 2. The fourth-order valence-corrected chi connectivity index (χ4v) is 8.34. The fourth-order valence-electron chi connectivity index (χ4n) is 2.95. The van der Waals surface area contributed by atoms with E-state index >= 15 is 0 Å². The molecule has 3 rings (SSSR count). The van der Waals surface area contributed by atoms with E-state index in [4.69, 9.17) is 21.6 Å². The summed E-state index contributed by atoms with van der Waals surface area (Å²) in [6.45, 7) is 1.01. The number of halogens is 1. The summed E-state index contributed by atoms with van der Waals surface area (Å²) in [6, 6.07) is 14.2. The highest BCUT2D eigenvalue weighted by molar-refractivity contribution is 8.00. The Labute approximate surface area is 196 Å². The van der Waals surface area contributed by atoms with Crippen LogP contribution >= 0.6 is 11.6 Å². The molecule has 0 bridgehead atoms. The molecule has 0 unspecified atom stereocenters. The Morgan fingerprint density at radius 1 is 1.00 bits per heavy atom. The minimum atomic E-state index is -3.84. The van der Waals surface area contributed by atoms with Gasteiger partial charge in [-0.05, 0) is 42.0 Å². The number of hydrogen-bond donors (Lipinski definition) is 0. The molecule has 1 saturated heterocycles. The summed E-state index contributed by atoms with van der Waals surface area (Å²) < 4.78 is 61.6. The zero-order chi connectivity index (χ0) is 23.2. The highest BCUT2D eigenvalue weighted by atomic mass is 35.5. The molecule has 0 aliphatic carbocycles. The third kappa shape index (κ3) is 6.37. The molecule has 32 heavy (non-hydrogen) atoms. The minimum Gasteiger partial charge on any atom is -0.376 e. The third-order valence-electron chi connectivity index (χ3n) is 4.66. The van der Waals surface area contributed by atoms with Crippen molar-refractivity contribution in [2.75, 3.05) is 31.2 Å². The van der Waals surface area contributed by atoms with Crippen molar-refractivity contribution in [3.05, 3.63) is 59.1 Å². The summed E-state index contributed by atoms with van der Waals surface area (Å²) in [4.78, 5) is 0.243. The van der Waals surface area contributed by atoms with Gasteiger partial charge in [-0.3, -0.25) is 0 Å². The first-order valence-corrected chi connectivity index (χ1v) is 14.5. The minimum absolute atomic E-state index is 0.0852. The summed E-state index contributed by atoms with van der Waals surface area (Å²) in [5.74, 6) is 0.688. The smallest absolute Gasteiger partial charge is 0.287 e. The van der Waals surface area contributed by atoms with Gasteiger partial charge in [-0.15, -0.1) is 3.77 Å². The molecule has 2 aromatic rings. The van der Waals surface area contributed by atoms with Crippen LogP contribution < -0.4 is 0 Å². The van der Waals surface area contributed by atoms with E-state index in [0.29, 0.717) is 36.2 Å². The van der Waals surface area contributed by atoms with Gasteiger partial charge in [0.25, 0.3) is 10.0 Å². The van der Waals surface area contributed by atoms with Crippen LogP contribution in [0.15, 0.2) is 62.1 Å². The zero-order valence-electron chi connectivity index (χ0n) is 17.1. The lowest BCUT2D eigenvalue weighted by atomic mass is 10.2. The van der Waals surface area contributed by atoms with Crippen molar-refractivity contribution in [1.82, 2.24) is 4.31 Å². The molecular weight excluding hydrogens is 494 g/mol. The molecule has 172 valence electrons. The van der Waals surface area contributed by atoms with Crippen molar-refractivity contribution >= 4 is 42.3 Å². The largest absolute Gasteiger partial charge is 0.376 e. The van der Waals surface area contributed by atoms with E-state index in [1.165, 1.54) is 40.7 Å². The summed E-state index contributed by atoms with van der Waals surface area (Å²) in [5.41, 5.74) is 0.796. The molecule has 0 amide bonds. The van der Waals surface area contributed by atoms with Crippen LogP contribution in [0.1, 0.15) is 12.0 Å². The van der Waals surface area contributed by atoms with Gasteiger partial charge in [0.15, 0.2) is 0 Å². The Morgan fingerprint density at radius 3 is 2.19 bits per heavy atom. The second-order valence-corrected chi connectivity index (χ2v) is 13.0. The van der Waals surface area contributed by atoms with Gasteiger partial charge in [0.05, 0.1) is 35.5 Å². The standard InChI is InChI=1S/C20H22ClN3O5S3/c21-18-4-8-20(9-5-18)32(27,28)24-11-14-30(15-12-24)23-31(25,26)19-6-2-17(3-7-19)16-29-13-1-10-22/h2-9H,1,11-16H2. The van der Waals surface area contributed by atoms with Crippen molar-refractivity contribution in [3.8, 4) is 6.07 Å². The molecule has 2 aromatic carbocycles. The van der Waals surface area contributed by atoms with Crippen molar-refractivity contribution in [2.24, 2.45) is 3.77 Å². The molecule has 12 heteroatoms. The molecular formula is C20H22ClN3O5S3. The van der Waals surface area contributed by atoms with E-state index < -0.39 is 30.7 Å². The van der Waals surface area contributed by atoms with Crippen molar-refractivity contribution in [2.45, 2.75) is 22.8 Å². The van der Waals surface area contributed by atoms with E-state index in [2.05, 4.69) is 3.77 Å². The highest BCUT2D eigenvalue weighted by Gasteiger charge is 2.28. The van der Waals surface area contributed by atoms with Gasteiger partial charge in [-0.2, -0.15) is 18.0 Å². The summed E-state index contributed by atoms with van der Waals surface area (Å²) in [7, 11) is -8.29. The number of sulfonamides is 2. The average molecular weight is 516 g/mol. The summed E-state index contributed by atoms with van der Waals surface area (Å²) >= 11 is 5.83. The van der Waals surface area contributed by atoms with Crippen LogP contribution in [-0.4, -0.2) is 52.3 Å². The predicted octanol–water partition coefficient (Wildman–Crippen LogP) is 2.97. The quantitative estimate of drug-likeness (QED) is 0.499. The SMILES string of the molecule is N#CCCOCc1ccc(S(=O)(=O)N=S2CCN(S(=O)(=O)c3ccc(Cl)cc3)CC2)cc1. The zero-order valence-corrected chi connectivity index (χ0v) is 20.3. The molecule has 0 saturated carbocycles. The third-order valence-corrected chi connectivity index (χ3v) is 10.6. The Morgan fingerprint density at radius 2 is 1.59 bits per heavy atom. The van der Waals surface area contributed by atoms with E-state index in [1.54, 1.807) is 12.1 Å². The second kappa shape index (κ2) is 10.9. The average Bonchev–Trinajstić information content (AvgIpc) is 2.77. The van der Waals surface area contributed by atoms with Crippen LogP contribution in [0.4, 0.5) is 0 Å². The molecule has 1 aliphatic rings. The normalized spacial score (nSPS) is 15.9. The van der Waals surface area contributed by atoms with Crippen LogP contribution in [0, 0.1) is 11.3 Å². The molecule has 1 fully saturated rings. The molecule has 0 N–H and O–H groups in total. The van der Waals surface area contributed by atoms with Gasteiger partial charge in [0.2, 0.25) is 10.0 Å². The molecule has 0 radical (unpaired) electrons. The van der Waals surface area contributed by atoms with Gasteiger partial charge in [-0.1, -0.05) is 34.4 Å². The van der Waals surface area contributed by atoms with Crippen LogP contribution in [-0.2, 0) is 42.1 Å². The monoisotopic (exact) mass is 515 g/mol. The lowest BCUT2D eigenvalue weighted by molar-refractivity contribution is 0.126. The molecule has 1 aliphatic heterocycles. The predicted molar refractivity (Wildman–Crippen MR) is 123 cm³/mol. The second-order valence-electron chi connectivity index (χ2n) is 6.88. The van der Waals surface area contributed by atoms with Crippen LogP contribution in [0.25, 0.3) is 0 Å². The van der Waals surface area contributed by atoms with Crippen molar-refractivity contribution < 1.29 is 21.6 Å². The van der Waals surface area contributed by atoms with Gasteiger partial charge in [-0.25, -0.2) is 8.42 Å². The van der Waals surface area contributed by atoms with Crippen molar-refractivity contribution in [1.29, 1.82) is 5.26 Å². The maximum absolute atomic E-state index is 12.8. The Bertz CT molecular complexity index is 1210. The van der Waals surface area contributed by atoms with Crippen LogP contribution in [0.3, 0.4) is 0 Å². The first kappa shape index (κ1) is 24.8. The Balaban J connectivity index is 1.63.